The standard InChI is InChI=1S/C22H24N4O2/c1-16-5-4-6-19(13-16)25-11-12-26-21(22(25)27)14-17(23-26)15-24(2)18-7-9-20(28-3)10-8-18/h4-10,13-14H,11-12,15H2,1-3H3. The maximum Gasteiger partial charge on any atom is 0.276 e. The smallest absolute Gasteiger partial charge is 0.276 e. The van der Waals surface area contributed by atoms with Crippen LogP contribution in [-0.2, 0) is 13.1 Å². The van der Waals surface area contributed by atoms with E-state index in [1.54, 1.807) is 7.11 Å². The molecule has 3 aromatic rings. The number of benzene rings is 2. The molecule has 0 saturated heterocycles. The molecular weight excluding hydrogens is 352 g/mol. The number of anilines is 2. The molecule has 0 unspecified atom stereocenters. The molecule has 6 heteroatoms. The van der Waals surface area contributed by atoms with E-state index in [-0.39, 0.29) is 5.91 Å². The lowest BCUT2D eigenvalue weighted by Gasteiger charge is -2.27. The molecule has 1 aliphatic rings. The second kappa shape index (κ2) is 7.38. The third-order valence-corrected chi connectivity index (χ3v) is 5.06. The zero-order valence-electron chi connectivity index (χ0n) is 16.4. The third-order valence-electron chi connectivity index (χ3n) is 5.06. The Bertz CT molecular complexity index is 994. The highest BCUT2D eigenvalue weighted by Gasteiger charge is 2.27. The van der Waals surface area contributed by atoms with E-state index in [4.69, 9.17) is 4.74 Å². The summed E-state index contributed by atoms with van der Waals surface area (Å²) in [5.41, 5.74) is 4.68. The van der Waals surface area contributed by atoms with Gasteiger partial charge in [-0.2, -0.15) is 5.10 Å². The van der Waals surface area contributed by atoms with E-state index >= 15 is 0 Å². The van der Waals surface area contributed by atoms with Crippen LogP contribution in [0.25, 0.3) is 0 Å². The Morgan fingerprint density at radius 1 is 1.11 bits per heavy atom. The topological polar surface area (TPSA) is 50.6 Å². The van der Waals surface area contributed by atoms with Crippen molar-refractivity contribution in [3.8, 4) is 5.75 Å². The van der Waals surface area contributed by atoms with Gasteiger partial charge in [0.1, 0.15) is 11.4 Å². The molecule has 0 atom stereocenters. The van der Waals surface area contributed by atoms with Gasteiger partial charge in [0.25, 0.3) is 5.91 Å². The second-order valence-electron chi connectivity index (χ2n) is 7.09. The van der Waals surface area contributed by atoms with Crippen LogP contribution in [0.4, 0.5) is 11.4 Å². The Balaban J connectivity index is 1.52. The van der Waals surface area contributed by atoms with Crippen molar-refractivity contribution in [1.29, 1.82) is 0 Å². The maximum absolute atomic E-state index is 13.0. The molecule has 4 rings (SSSR count). The molecule has 0 aliphatic carbocycles. The van der Waals surface area contributed by atoms with E-state index < -0.39 is 0 Å². The highest BCUT2D eigenvalue weighted by molar-refractivity contribution is 6.05. The van der Waals surface area contributed by atoms with Crippen molar-refractivity contribution in [1.82, 2.24) is 9.78 Å². The summed E-state index contributed by atoms with van der Waals surface area (Å²) in [6, 6.07) is 17.9. The van der Waals surface area contributed by atoms with Crippen molar-refractivity contribution in [2.24, 2.45) is 0 Å². The van der Waals surface area contributed by atoms with Gasteiger partial charge in [-0.05, 0) is 55.0 Å². The molecular formula is C22H24N4O2. The predicted octanol–water partition coefficient (Wildman–Crippen LogP) is 3.50. The third kappa shape index (κ3) is 3.45. The SMILES string of the molecule is COc1ccc(N(C)Cc2cc3n(n2)CCN(c2cccc(C)c2)C3=O)cc1. The van der Waals surface area contributed by atoms with Crippen LogP contribution in [0.5, 0.6) is 5.75 Å². The summed E-state index contributed by atoms with van der Waals surface area (Å²) in [7, 11) is 3.67. The summed E-state index contributed by atoms with van der Waals surface area (Å²) < 4.78 is 7.04. The van der Waals surface area contributed by atoms with Gasteiger partial charge >= 0.3 is 0 Å². The Morgan fingerprint density at radius 3 is 2.61 bits per heavy atom. The van der Waals surface area contributed by atoms with Crippen molar-refractivity contribution < 1.29 is 9.53 Å². The van der Waals surface area contributed by atoms with Gasteiger partial charge in [0.15, 0.2) is 0 Å². The van der Waals surface area contributed by atoms with E-state index in [0.717, 1.165) is 28.4 Å². The van der Waals surface area contributed by atoms with Crippen molar-refractivity contribution in [3.05, 3.63) is 71.5 Å². The number of hydrogen-bond acceptors (Lipinski definition) is 4. The molecule has 2 heterocycles. The number of carbonyl (C=O) groups is 1. The average Bonchev–Trinajstić information content (AvgIpc) is 3.12. The summed E-state index contributed by atoms with van der Waals surface area (Å²) in [6.45, 7) is 3.99. The van der Waals surface area contributed by atoms with E-state index in [0.29, 0.717) is 25.3 Å². The number of carbonyl (C=O) groups excluding carboxylic acids is 1. The first-order valence-corrected chi connectivity index (χ1v) is 9.35. The monoisotopic (exact) mass is 376 g/mol. The van der Waals surface area contributed by atoms with Crippen LogP contribution in [0.1, 0.15) is 21.7 Å². The summed E-state index contributed by atoms with van der Waals surface area (Å²) in [5.74, 6) is 0.833. The molecule has 1 aromatic heterocycles. The van der Waals surface area contributed by atoms with Gasteiger partial charge in [-0.15, -0.1) is 0 Å². The largest absolute Gasteiger partial charge is 0.497 e. The number of aryl methyl sites for hydroxylation is 1. The van der Waals surface area contributed by atoms with Crippen LogP contribution in [0, 0.1) is 6.92 Å². The number of methoxy groups -OCH3 is 1. The van der Waals surface area contributed by atoms with Crippen molar-refractivity contribution in [2.75, 3.05) is 30.5 Å². The van der Waals surface area contributed by atoms with Crippen LogP contribution in [-0.4, -0.2) is 36.4 Å². The molecule has 0 N–H and O–H groups in total. The van der Waals surface area contributed by atoms with Crippen LogP contribution in [0.3, 0.4) is 0 Å². The van der Waals surface area contributed by atoms with E-state index in [1.807, 2.05) is 78.2 Å². The van der Waals surface area contributed by atoms with Gasteiger partial charge in [-0.3, -0.25) is 9.48 Å². The van der Waals surface area contributed by atoms with Gasteiger partial charge in [-0.1, -0.05) is 12.1 Å². The Hall–Kier alpha value is -3.28. The minimum Gasteiger partial charge on any atom is -0.497 e. The quantitative estimate of drug-likeness (QED) is 0.684. The molecule has 0 radical (unpaired) electrons. The first-order chi connectivity index (χ1) is 13.5. The molecule has 2 aromatic carbocycles. The van der Waals surface area contributed by atoms with Crippen molar-refractivity contribution >= 4 is 17.3 Å². The van der Waals surface area contributed by atoms with Crippen LogP contribution in [0.2, 0.25) is 0 Å². The van der Waals surface area contributed by atoms with Gasteiger partial charge in [-0.25, -0.2) is 0 Å². The zero-order chi connectivity index (χ0) is 19.7. The lowest BCUT2D eigenvalue weighted by molar-refractivity contribution is 0.0962. The Morgan fingerprint density at radius 2 is 1.89 bits per heavy atom. The fraction of sp³-hybridized carbons (Fsp3) is 0.273. The Labute approximate surface area is 164 Å². The Kier molecular flexibility index (Phi) is 4.77. The number of ether oxygens (including phenoxy) is 1. The number of hydrogen-bond donors (Lipinski definition) is 0. The zero-order valence-corrected chi connectivity index (χ0v) is 16.4. The molecule has 1 amide bonds. The molecule has 6 nitrogen and oxygen atoms in total. The summed E-state index contributed by atoms with van der Waals surface area (Å²) in [4.78, 5) is 16.9. The lowest BCUT2D eigenvalue weighted by Crippen LogP contribution is -2.40. The van der Waals surface area contributed by atoms with Gasteiger partial charge < -0.3 is 14.5 Å². The first kappa shape index (κ1) is 18.1. The highest BCUT2D eigenvalue weighted by atomic mass is 16.5. The number of aromatic nitrogens is 2. The molecule has 0 bridgehead atoms. The van der Waals surface area contributed by atoms with Gasteiger partial charge in [0.2, 0.25) is 0 Å². The maximum atomic E-state index is 13.0. The molecule has 28 heavy (non-hydrogen) atoms. The highest BCUT2D eigenvalue weighted by Crippen LogP contribution is 2.24. The number of rotatable bonds is 5. The first-order valence-electron chi connectivity index (χ1n) is 9.35. The van der Waals surface area contributed by atoms with Crippen LogP contribution in [0.15, 0.2) is 54.6 Å². The summed E-state index contributed by atoms with van der Waals surface area (Å²) >= 11 is 0. The van der Waals surface area contributed by atoms with Crippen LogP contribution >= 0.6 is 0 Å². The van der Waals surface area contributed by atoms with Crippen molar-refractivity contribution in [2.45, 2.75) is 20.0 Å². The molecule has 0 spiro atoms. The predicted molar refractivity (Wildman–Crippen MR) is 110 cm³/mol. The minimum absolute atomic E-state index is 0.00250. The molecule has 144 valence electrons. The molecule has 0 fully saturated rings. The van der Waals surface area contributed by atoms with E-state index in [9.17, 15) is 4.79 Å². The number of fused-ring (bicyclic) bond motifs is 1. The second-order valence-corrected chi connectivity index (χ2v) is 7.09. The number of nitrogens with zero attached hydrogens (tertiary/aromatic N) is 4. The normalized spacial score (nSPS) is 13.4. The van der Waals surface area contributed by atoms with E-state index in [1.165, 1.54) is 0 Å². The fourth-order valence-electron chi connectivity index (χ4n) is 3.54. The van der Waals surface area contributed by atoms with Crippen LogP contribution < -0.4 is 14.5 Å². The minimum atomic E-state index is 0.00250. The fourth-order valence-corrected chi connectivity index (χ4v) is 3.54. The number of amides is 1. The van der Waals surface area contributed by atoms with Gasteiger partial charge in [0.05, 0.1) is 25.9 Å². The van der Waals surface area contributed by atoms with Gasteiger partial charge in [0, 0.05) is 25.0 Å². The summed E-state index contributed by atoms with van der Waals surface area (Å²) in [5, 5.41) is 4.65. The molecule has 0 saturated carbocycles. The molecule has 1 aliphatic heterocycles. The summed E-state index contributed by atoms with van der Waals surface area (Å²) in [6.07, 6.45) is 0. The van der Waals surface area contributed by atoms with Crippen molar-refractivity contribution in [3.63, 3.8) is 0 Å². The van der Waals surface area contributed by atoms with E-state index in [2.05, 4.69) is 10.00 Å². The average molecular weight is 376 g/mol. The lowest BCUT2D eigenvalue weighted by atomic mass is 10.1.